The van der Waals surface area contributed by atoms with E-state index in [9.17, 15) is 0 Å². The SMILES string of the molecule is COc1nccnc1-c1nc(C(C)C)nc(N)c1C. The summed E-state index contributed by atoms with van der Waals surface area (Å²) in [6.45, 7) is 5.90. The minimum absolute atomic E-state index is 0.185. The molecule has 19 heavy (non-hydrogen) atoms. The second-order valence-electron chi connectivity index (χ2n) is 4.51. The molecular formula is C13H17N5O. The van der Waals surface area contributed by atoms with Crippen LogP contribution in [0.3, 0.4) is 0 Å². The third-order valence-electron chi connectivity index (χ3n) is 2.80. The van der Waals surface area contributed by atoms with E-state index in [0.29, 0.717) is 28.9 Å². The summed E-state index contributed by atoms with van der Waals surface area (Å²) in [4.78, 5) is 17.3. The third kappa shape index (κ3) is 2.47. The van der Waals surface area contributed by atoms with Crippen LogP contribution in [0.25, 0.3) is 11.4 Å². The Morgan fingerprint density at radius 2 is 1.79 bits per heavy atom. The van der Waals surface area contributed by atoms with Gasteiger partial charge in [-0.3, -0.25) is 0 Å². The first-order valence-electron chi connectivity index (χ1n) is 6.04. The molecule has 0 bridgehead atoms. The average Bonchev–Trinajstić information content (AvgIpc) is 2.41. The molecule has 2 aromatic heterocycles. The van der Waals surface area contributed by atoms with Crippen LogP contribution in [0.2, 0.25) is 0 Å². The minimum atomic E-state index is 0.185. The topological polar surface area (TPSA) is 86.8 Å². The van der Waals surface area contributed by atoms with Gasteiger partial charge in [0.05, 0.1) is 7.11 Å². The Kier molecular flexibility index (Phi) is 3.59. The maximum atomic E-state index is 5.95. The summed E-state index contributed by atoms with van der Waals surface area (Å²) in [5, 5.41) is 0. The van der Waals surface area contributed by atoms with Crippen molar-refractivity contribution in [1.82, 2.24) is 19.9 Å². The summed E-state index contributed by atoms with van der Waals surface area (Å²) in [5.41, 5.74) is 7.98. The van der Waals surface area contributed by atoms with Crippen molar-refractivity contribution in [2.75, 3.05) is 12.8 Å². The second kappa shape index (κ2) is 5.17. The van der Waals surface area contributed by atoms with Gasteiger partial charge in [-0.1, -0.05) is 13.8 Å². The molecule has 0 aliphatic heterocycles. The first-order valence-corrected chi connectivity index (χ1v) is 6.04. The standard InChI is InChI=1S/C13H17N5O/c1-7(2)12-17-9(8(3)11(14)18-12)10-13(19-4)16-6-5-15-10/h5-7H,1-4H3,(H2,14,17,18). The van der Waals surface area contributed by atoms with Gasteiger partial charge in [0.25, 0.3) is 0 Å². The van der Waals surface area contributed by atoms with Gasteiger partial charge in [-0.25, -0.2) is 19.9 Å². The summed E-state index contributed by atoms with van der Waals surface area (Å²) < 4.78 is 5.22. The Labute approximate surface area is 112 Å². The molecule has 100 valence electrons. The molecule has 0 aliphatic rings. The number of methoxy groups -OCH3 is 1. The minimum Gasteiger partial charge on any atom is -0.479 e. The van der Waals surface area contributed by atoms with Crippen LogP contribution in [-0.4, -0.2) is 27.0 Å². The van der Waals surface area contributed by atoms with Crippen LogP contribution in [-0.2, 0) is 0 Å². The molecular weight excluding hydrogens is 242 g/mol. The van der Waals surface area contributed by atoms with Crippen molar-refractivity contribution in [3.63, 3.8) is 0 Å². The zero-order chi connectivity index (χ0) is 14.0. The number of hydrogen-bond acceptors (Lipinski definition) is 6. The van der Waals surface area contributed by atoms with Crippen LogP contribution in [0.15, 0.2) is 12.4 Å². The van der Waals surface area contributed by atoms with Crippen molar-refractivity contribution >= 4 is 5.82 Å². The molecule has 0 spiro atoms. The summed E-state index contributed by atoms with van der Waals surface area (Å²) >= 11 is 0. The van der Waals surface area contributed by atoms with E-state index in [1.165, 1.54) is 0 Å². The van der Waals surface area contributed by atoms with E-state index >= 15 is 0 Å². The fourth-order valence-electron chi connectivity index (χ4n) is 1.68. The molecule has 0 radical (unpaired) electrons. The lowest BCUT2D eigenvalue weighted by molar-refractivity contribution is 0.397. The van der Waals surface area contributed by atoms with Crippen LogP contribution < -0.4 is 10.5 Å². The van der Waals surface area contributed by atoms with Gasteiger partial charge < -0.3 is 10.5 Å². The van der Waals surface area contributed by atoms with Crippen molar-refractivity contribution in [1.29, 1.82) is 0 Å². The second-order valence-corrected chi connectivity index (χ2v) is 4.51. The van der Waals surface area contributed by atoms with E-state index in [1.54, 1.807) is 19.5 Å². The van der Waals surface area contributed by atoms with Crippen LogP contribution in [0.4, 0.5) is 5.82 Å². The number of hydrogen-bond donors (Lipinski definition) is 1. The molecule has 0 aliphatic carbocycles. The highest BCUT2D eigenvalue weighted by Crippen LogP contribution is 2.29. The largest absolute Gasteiger partial charge is 0.479 e. The van der Waals surface area contributed by atoms with Crippen molar-refractivity contribution < 1.29 is 4.74 Å². The molecule has 6 nitrogen and oxygen atoms in total. The molecule has 2 heterocycles. The van der Waals surface area contributed by atoms with E-state index in [-0.39, 0.29) is 5.92 Å². The molecule has 0 saturated carbocycles. The number of aromatic nitrogens is 4. The van der Waals surface area contributed by atoms with Gasteiger partial charge in [-0.15, -0.1) is 0 Å². The van der Waals surface area contributed by atoms with Crippen LogP contribution in [0.5, 0.6) is 5.88 Å². The van der Waals surface area contributed by atoms with E-state index in [4.69, 9.17) is 10.5 Å². The van der Waals surface area contributed by atoms with Crippen LogP contribution >= 0.6 is 0 Å². The maximum absolute atomic E-state index is 5.95. The van der Waals surface area contributed by atoms with Crippen molar-refractivity contribution in [3.8, 4) is 17.3 Å². The molecule has 0 amide bonds. The predicted molar refractivity (Wildman–Crippen MR) is 72.8 cm³/mol. The number of rotatable bonds is 3. The predicted octanol–water partition coefficient (Wildman–Crippen LogP) is 1.96. The van der Waals surface area contributed by atoms with Crippen molar-refractivity contribution in [2.24, 2.45) is 0 Å². The van der Waals surface area contributed by atoms with E-state index < -0.39 is 0 Å². The molecule has 2 N–H and O–H groups in total. The van der Waals surface area contributed by atoms with Crippen LogP contribution in [0, 0.1) is 6.92 Å². The van der Waals surface area contributed by atoms with Gasteiger partial charge in [0, 0.05) is 23.9 Å². The van der Waals surface area contributed by atoms with Gasteiger partial charge in [-0.05, 0) is 6.92 Å². The van der Waals surface area contributed by atoms with Crippen molar-refractivity contribution in [3.05, 3.63) is 23.8 Å². The number of nitrogens with two attached hydrogens (primary N) is 1. The Morgan fingerprint density at radius 3 is 2.42 bits per heavy atom. The summed E-state index contributed by atoms with van der Waals surface area (Å²) in [5.74, 6) is 1.76. The fraction of sp³-hybridized carbons (Fsp3) is 0.385. The van der Waals surface area contributed by atoms with E-state index in [0.717, 1.165) is 5.56 Å². The molecule has 0 atom stereocenters. The van der Waals surface area contributed by atoms with E-state index in [2.05, 4.69) is 19.9 Å². The first-order chi connectivity index (χ1) is 9.04. The highest BCUT2D eigenvalue weighted by molar-refractivity contribution is 5.67. The van der Waals surface area contributed by atoms with Crippen LogP contribution in [0.1, 0.15) is 31.2 Å². The summed E-state index contributed by atoms with van der Waals surface area (Å²) in [6, 6.07) is 0. The molecule has 2 aromatic rings. The zero-order valence-electron chi connectivity index (χ0n) is 11.5. The lowest BCUT2D eigenvalue weighted by Gasteiger charge is -2.12. The summed E-state index contributed by atoms with van der Waals surface area (Å²) in [6.07, 6.45) is 3.18. The summed E-state index contributed by atoms with van der Waals surface area (Å²) in [7, 11) is 1.55. The molecule has 0 fully saturated rings. The normalized spacial score (nSPS) is 10.8. The quantitative estimate of drug-likeness (QED) is 0.906. The third-order valence-corrected chi connectivity index (χ3v) is 2.80. The molecule has 2 rings (SSSR count). The average molecular weight is 259 g/mol. The molecule has 0 unspecified atom stereocenters. The lowest BCUT2D eigenvalue weighted by atomic mass is 10.1. The van der Waals surface area contributed by atoms with E-state index in [1.807, 2.05) is 20.8 Å². The smallest absolute Gasteiger partial charge is 0.241 e. The van der Waals surface area contributed by atoms with Gasteiger partial charge in [-0.2, -0.15) is 0 Å². The lowest BCUT2D eigenvalue weighted by Crippen LogP contribution is -2.07. The number of ether oxygens (including phenoxy) is 1. The van der Waals surface area contributed by atoms with Gasteiger partial charge in [0.2, 0.25) is 5.88 Å². The zero-order valence-corrected chi connectivity index (χ0v) is 11.5. The Hall–Kier alpha value is -2.24. The van der Waals surface area contributed by atoms with Gasteiger partial charge in [0.15, 0.2) is 5.69 Å². The molecule has 6 heteroatoms. The highest BCUT2D eigenvalue weighted by Gasteiger charge is 2.17. The number of nitrogens with zero attached hydrogens (tertiary/aromatic N) is 4. The Balaban J connectivity index is 2.67. The Morgan fingerprint density at radius 1 is 1.11 bits per heavy atom. The maximum Gasteiger partial charge on any atom is 0.241 e. The first kappa shape index (κ1) is 13.2. The molecule has 0 aromatic carbocycles. The highest BCUT2D eigenvalue weighted by atomic mass is 16.5. The Bertz CT molecular complexity index is 598. The van der Waals surface area contributed by atoms with Gasteiger partial charge in [0.1, 0.15) is 17.3 Å². The van der Waals surface area contributed by atoms with Crippen molar-refractivity contribution in [2.45, 2.75) is 26.7 Å². The fourth-order valence-corrected chi connectivity index (χ4v) is 1.68. The number of anilines is 1. The van der Waals surface area contributed by atoms with Gasteiger partial charge >= 0.3 is 0 Å². The number of nitrogen functional groups attached to an aromatic ring is 1. The monoisotopic (exact) mass is 259 g/mol. The molecule has 0 saturated heterocycles.